The molecule has 2 nitrogen and oxygen atoms in total. The van der Waals surface area contributed by atoms with E-state index in [1.807, 2.05) is 6.92 Å². The third-order valence-electron chi connectivity index (χ3n) is 4.86. The Hall–Kier alpha value is -0.930. The van der Waals surface area contributed by atoms with Gasteiger partial charge in [-0.15, -0.1) is 0 Å². The molecule has 1 saturated carbocycles. The highest BCUT2D eigenvalue weighted by molar-refractivity contribution is 5.30. The van der Waals surface area contributed by atoms with E-state index in [1.54, 1.807) is 6.07 Å². The topological polar surface area (TPSA) is 46.2 Å². The van der Waals surface area contributed by atoms with Gasteiger partial charge < -0.3 is 10.8 Å². The summed E-state index contributed by atoms with van der Waals surface area (Å²) in [7, 11) is 0. The summed E-state index contributed by atoms with van der Waals surface area (Å²) in [6.45, 7) is 2.35. The van der Waals surface area contributed by atoms with Crippen LogP contribution in [0.15, 0.2) is 18.2 Å². The van der Waals surface area contributed by atoms with E-state index in [0.717, 1.165) is 36.8 Å². The maximum Gasteiger partial charge on any atom is 0.123 e. The number of halogens is 1. The first-order chi connectivity index (χ1) is 9.59. The van der Waals surface area contributed by atoms with Crippen LogP contribution < -0.4 is 5.73 Å². The molecule has 1 atom stereocenters. The molecule has 0 aromatic heterocycles. The Labute approximate surface area is 121 Å². The summed E-state index contributed by atoms with van der Waals surface area (Å²) in [5.74, 6) is -0.252. The van der Waals surface area contributed by atoms with Gasteiger partial charge in [0.05, 0.1) is 6.10 Å². The molecule has 0 aliphatic heterocycles. The Morgan fingerprint density at radius 1 is 1.20 bits per heavy atom. The van der Waals surface area contributed by atoms with E-state index in [1.165, 1.54) is 31.4 Å². The number of benzene rings is 1. The summed E-state index contributed by atoms with van der Waals surface area (Å²) in [4.78, 5) is 0. The number of rotatable bonds is 3. The summed E-state index contributed by atoms with van der Waals surface area (Å²) >= 11 is 0. The minimum atomic E-state index is -0.591. The SMILES string of the molecule is Cc1cc(F)ccc1C(O)C1(CN)CCCCCCC1. The predicted octanol–water partition coefficient (Wildman–Crippen LogP) is 3.86. The van der Waals surface area contributed by atoms with Crippen molar-refractivity contribution in [1.29, 1.82) is 0 Å². The van der Waals surface area contributed by atoms with Crippen LogP contribution >= 0.6 is 0 Å². The molecule has 2 rings (SSSR count). The summed E-state index contributed by atoms with van der Waals surface area (Å²) < 4.78 is 13.2. The third-order valence-corrected chi connectivity index (χ3v) is 4.86. The van der Waals surface area contributed by atoms with Crippen molar-refractivity contribution in [2.24, 2.45) is 11.1 Å². The van der Waals surface area contributed by atoms with Crippen LogP contribution in [0.1, 0.15) is 62.2 Å². The molecule has 1 aromatic rings. The standard InChI is InChI=1S/C17H26FNO/c1-13-11-14(18)7-8-15(13)16(20)17(12-19)9-5-3-2-4-6-10-17/h7-8,11,16,20H,2-6,9-10,12,19H2,1H3. The smallest absolute Gasteiger partial charge is 0.123 e. The second-order valence-electron chi connectivity index (χ2n) is 6.24. The molecule has 112 valence electrons. The second kappa shape index (κ2) is 6.68. The van der Waals surface area contributed by atoms with Crippen LogP contribution in [0, 0.1) is 18.2 Å². The van der Waals surface area contributed by atoms with Gasteiger partial charge in [0.1, 0.15) is 5.82 Å². The average Bonchev–Trinajstić information content (AvgIpc) is 2.38. The van der Waals surface area contributed by atoms with Crippen molar-refractivity contribution in [2.75, 3.05) is 6.54 Å². The number of aliphatic hydroxyl groups excluding tert-OH is 1. The molecular weight excluding hydrogens is 253 g/mol. The minimum Gasteiger partial charge on any atom is -0.388 e. The van der Waals surface area contributed by atoms with Crippen molar-refractivity contribution in [2.45, 2.75) is 58.0 Å². The molecule has 3 heteroatoms. The van der Waals surface area contributed by atoms with E-state index < -0.39 is 6.10 Å². The molecule has 0 bridgehead atoms. The van der Waals surface area contributed by atoms with Crippen LogP contribution in [0.3, 0.4) is 0 Å². The van der Waals surface area contributed by atoms with Crippen molar-refractivity contribution in [3.05, 3.63) is 35.1 Å². The van der Waals surface area contributed by atoms with Crippen molar-refractivity contribution in [3.8, 4) is 0 Å². The number of aliphatic hydroxyl groups is 1. The van der Waals surface area contributed by atoms with Crippen molar-refractivity contribution >= 4 is 0 Å². The minimum absolute atomic E-state index is 0.247. The van der Waals surface area contributed by atoms with Gasteiger partial charge in [0, 0.05) is 12.0 Å². The van der Waals surface area contributed by atoms with Gasteiger partial charge in [-0.05, 0) is 43.0 Å². The first-order valence-electron chi connectivity index (χ1n) is 7.73. The maximum atomic E-state index is 13.2. The van der Waals surface area contributed by atoms with Crippen LogP contribution in [0.5, 0.6) is 0 Å². The van der Waals surface area contributed by atoms with E-state index >= 15 is 0 Å². The number of nitrogens with two attached hydrogens (primary N) is 1. The zero-order chi connectivity index (χ0) is 14.6. The van der Waals surface area contributed by atoms with E-state index in [2.05, 4.69) is 0 Å². The molecule has 1 unspecified atom stereocenters. The molecule has 0 heterocycles. The van der Waals surface area contributed by atoms with E-state index in [0.29, 0.717) is 6.54 Å². The summed E-state index contributed by atoms with van der Waals surface area (Å²) in [5.41, 5.74) is 7.44. The highest BCUT2D eigenvalue weighted by Crippen LogP contribution is 2.44. The molecule has 0 radical (unpaired) electrons. The fourth-order valence-corrected chi connectivity index (χ4v) is 3.47. The fraction of sp³-hybridized carbons (Fsp3) is 0.647. The van der Waals surface area contributed by atoms with E-state index in [4.69, 9.17) is 5.73 Å². The predicted molar refractivity (Wildman–Crippen MR) is 79.9 cm³/mol. The lowest BCUT2D eigenvalue weighted by molar-refractivity contribution is 0.00803. The monoisotopic (exact) mass is 279 g/mol. The maximum absolute atomic E-state index is 13.2. The van der Waals surface area contributed by atoms with Gasteiger partial charge in [-0.3, -0.25) is 0 Å². The van der Waals surface area contributed by atoms with Crippen LogP contribution in [0.25, 0.3) is 0 Å². The molecule has 0 spiro atoms. The highest BCUT2D eigenvalue weighted by atomic mass is 19.1. The van der Waals surface area contributed by atoms with Crippen molar-refractivity contribution < 1.29 is 9.50 Å². The molecule has 0 amide bonds. The average molecular weight is 279 g/mol. The van der Waals surface area contributed by atoms with Crippen LogP contribution in [0.2, 0.25) is 0 Å². The molecule has 1 fully saturated rings. The van der Waals surface area contributed by atoms with Crippen molar-refractivity contribution in [1.82, 2.24) is 0 Å². The van der Waals surface area contributed by atoms with Gasteiger partial charge in [0.25, 0.3) is 0 Å². The number of aryl methyl sites for hydroxylation is 1. The van der Waals surface area contributed by atoms with E-state index in [9.17, 15) is 9.50 Å². The van der Waals surface area contributed by atoms with Crippen LogP contribution in [-0.2, 0) is 0 Å². The lowest BCUT2D eigenvalue weighted by atomic mass is 9.69. The molecule has 1 aliphatic carbocycles. The first-order valence-corrected chi connectivity index (χ1v) is 7.73. The Morgan fingerprint density at radius 3 is 2.35 bits per heavy atom. The third kappa shape index (κ3) is 3.21. The highest BCUT2D eigenvalue weighted by Gasteiger charge is 2.37. The second-order valence-corrected chi connectivity index (χ2v) is 6.24. The normalized spacial score (nSPS) is 21.0. The Bertz CT molecular complexity index is 439. The molecule has 3 N–H and O–H groups in total. The lowest BCUT2D eigenvalue weighted by Crippen LogP contribution is -2.37. The number of hydrogen-bond donors (Lipinski definition) is 2. The zero-order valence-corrected chi connectivity index (χ0v) is 12.4. The van der Waals surface area contributed by atoms with E-state index in [-0.39, 0.29) is 11.2 Å². The lowest BCUT2D eigenvalue weighted by Gasteiger charge is -2.39. The van der Waals surface area contributed by atoms with Gasteiger partial charge in [-0.2, -0.15) is 0 Å². The Morgan fingerprint density at radius 2 is 1.80 bits per heavy atom. The van der Waals surface area contributed by atoms with Crippen LogP contribution in [0.4, 0.5) is 4.39 Å². The van der Waals surface area contributed by atoms with Gasteiger partial charge in [-0.25, -0.2) is 4.39 Å². The van der Waals surface area contributed by atoms with Gasteiger partial charge in [0.15, 0.2) is 0 Å². The van der Waals surface area contributed by atoms with Gasteiger partial charge in [-0.1, -0.05) is 38.2 Å². The first kappa shape index (κ1) is 15.5. The molecule has 1 aliphatic rings. The molecule has 20 heavy (non-hydrogen) atoms. The molecule has 0 saturated heterocycles. The van der Waals surface area contributed by atoms with Gasteiger partial charge in [0.2, 0.25) is 0 Å². The van der Waals surface area contributed by atoms with Crippen molar-refractivity contribution in [3.63, 3.8) is 0 Å². The zero-order valence-electron chi connectivity index (χ0n) is 12.4. The summed E-state index contributed by atoms with van der Waals surface area (Å²) in [6.07, 6.45) is 7.29. The Kier molecular flexibility index (Phi) is 5.17. The largest absolute Gasteiger partial charge is 0.388 e. The number of hydrogen-bond acceptors (Lipinski definition) is 2. The van der Waals surface area contributed by atoms with Gasteiger partial charge >= 0.3 is 0 Å². The molecule has 1 aromatic carbocycles. The molecular formula is C17H26FNO. The summed E-state index contributed by atoms with van der Waals surface area (Å²) in [6, 6.07) is 4.63. The Balaban J connectivity index is 2.28. The summed E-state index contributed by atoms with van der Waals surface area (Å²) in [5, 5.41) is 10.9. The fourth-order valence-electron chi connectivity index (χ4n) is 3.47. The van der Waals surface area contributed by atoms with Crippen LogP contribution in [-0.4, -0.2) is 11.7 Å². The quantitative estimate of drug-likeness (QED) is 0.882.